The predicted molar refractivity (Wildman–Crippen MR) is 46.1 cm³/mol. The van der Waals surface area contributed by atoms with Crippen LogP contribution >= 0.6 is 0 Å². The van der Waals surface area contributed by atoms with Crippen molar-refractivity contribution in [2.24, 2.45) is 17.4 Å². The molecule has 1 aliphatic carbocycles. The lowest BCUT2D eigenvalue weighted by molar-refractivity contribution is 0.635. The van der Waals surface area contributed by atoms with Crippen LogP contribution in [0.15, 0.2) is 11.8 Å². The van der Waals surface area contributed by atoms with Gasteiger partial charge in [-0.1, -0.05) is 12.8 Å². The summed E-state index contributed by atoms with van der Waals surface area (Å²) in [7, 11) is 0. The summed E-state index contributed by atoms with van der Waals surface area (Å²) in [6, 6.07) is 0. The topological polar surface area (TPSA) is 75.9 Å². The van der Waals surface area contributed by atoms with Crippen LogP contribution in [0.4, 0.5) is 0 Å². The van der Waals surface area contributed by atoms with E-state index in [2.05, 4.69) is 0 Å². The zero-order chi connectivity index (χ0) is 8.27. The molecule has 1 aliphatic rings. The molecular weight excluding hydrogens is 138 g/mol. The first-order chi connectivity index (χ1) is 5.20. The van der Waals surface area contributed by atoms with Crippen molar-refractivity contribution in [1.82, 2.24) is 0 Å². The van der Waals surface area contributed by atoms with Gasteiger partial charge < -0.3 is 11.5 Å². The summed E-state index contributed by atoms with van der Waals surface area (Å²) in [5, 5.41) is 7.01. The van der Waals surface area contributed by atoms with Crippen LogP contribution in [0.25, 0.3) is 0 Å². The maximum Gasteiger partial charge on any atom is 0.117 e. The van der Waals surface area contributed by atoms with Gasteiger partial charge >= 0.3 is 0 Å². The smallest absolute Gasteiger partial charge is 0.117 e. The van der Waals surface area contributed by atoms with E-state index in [1.807, 2.05) is 0 Å². The van der Waals surface area contributed by atoms with Gasteiger partial charge in [-0.2, -0.15) is 0 Å². The molecule has 3 nitrogen and oxygen atoms in total. The first-order valence-corrected chi connectivity index (χ1v) is 4.01. The Morgan fingerprint density at radius 3 is 2.27 bits per heavy atom. The Hall–Kier alpha value is -0.990. The Kier molecular flexibility index (Phi) is 2.52. The summed E-state index contributed by atoms with van der Waals surface area (Å²) in [4.78, 5) is 0. The largest absolute Gasteiger partial charge is 0.402 e. The lowest BCUT2D eigenvalue weighted by Gasteiger charge is -2.07. The number of amidine groups is 1. The highest BCUT2D eigenvalue weighted by Crippen LogP contribution is 2.28. The van der Waals surface area contributed by atoms with E-state index in [9.17, 15) is 0 Å². The number of hydrogen-bond acceptors (Lipinski definition) is 2. The third-order valence-electron chi connectivity index (χ3n) is 2.15. The Bertz CT molecular complexity index is 178. The average Bonchev–Trinajstić information content (AvgIpc) is 2.35. The molecule has 11 heavy (non-hydrogen) atoms. The van der Waals surface area contributed by atoms with Gasteiger partial charge in [0, 0.05) is 5.70 Å². The van der Waals surface area contributed by atoms with Crippen molar-refractivity contribution in [3.8, 4) is 0 Å². The van der Waals surface area contributed by atoms with Crippen LogP contribution in [0.3, 0.4) is 0 Å². The van der Waals surface area contributed by atoms with Crippen molar-refractivity contribution in [3.05, 3.63) is 11.8 Å². The molecule has 5 N–H and O–H groups in total. The molecular formula is C8H15N3. The fourth-order valence-electron chi connectivity index (χ4n) is 1.56. The number of nitrogens with two attached hydrogens (primary N) is 2. The number of rotatable bonds is 2. The predicted octanol–water partition coefficient (Wildman–Crippen LogP) is 0.955. The molecule has 0 aromatic rings. The molecule has 0 aromatic heterocycles. The van der Waals surface area contributed by atoms with Gasteiger partial charge in [-0.3, -0.25) is 5.41 Å². The normalized spacial score (nSPS) is 20.5. The minimum Gasteiger partial charge on any atom is -0.402 e. The van der Waals surface area contributed by atoms with Gasteiger partial charge in [0.2, 0.25) is 0 Å². The van der Waals surface area contributed by atoms with E-state index in [0.29, 0.717) is 5.92 Å². The monoisotopic (exact) mass is 153 g/mol. The molecule has 0 atom stereocenters. The molecule has 0 unspecified atom stereocenters. The fraction of sp³-hybridized carbons (Fsp3) is 0.625. The lowest BCUT2D eigenvalue weighted by atomic mass is 10.0. The van der Waals surface area contributed by atoms with E-state index in [-0.39, 0.29) is 5.84 Å². The van der Waals surface area contributed by atoms with Crippen LogP contribution in [0.2, 0.25) is 0 Å². The van der Waals surface area contributed by atoms with E-state index < -0.39 is 0 Å². The molecule has 0 amide bonds. The third kappa shape index (κ3) is 2.26. The highest BCUT2D eigenvalue weighted by atomic mass is 14.7. The number of nitrogens with one attached hydrogen (secondary N) is 1. The average molecular weight is 153 g/mol. The van der Waals surface area contributed by atoms with Gasteiger partial charge in [0.05, 0.1) is 0 Å². The van der Waals surface area contributed by atoms with Gasteiger partial charge in [0.15, 0.2) is 0 Å². The maximum atomic E-state index is 7.01. The van der Waals surface area contributed by atoms with Gasteiger partial charge in [-0.25, -0.2) is 0 Å². The van der Waals surface area contributed by atoms with E-state index in [0.717, 1.165) is 18.5 Å². The summed E-state index contributed by atoms with van der Waals surface area (Å²) in [6.45, 7) is 0. The van der Waals surface area contributed by atoms with Crippen LogP contribution in [0.1, 0.15) is 25.7 Å². The van der Waals surface area contributed by atoms with Crippen LogP contribution in [0, 0.1) is 11.3 Å². The second-order valence-electron chi connectivity index (χ2n) is 3.08. The minimum atomic E-state index is 0.0643. The Morgan fingerprint density at radius 1 is 1.27 bits per heavy atom. The second kappa shape index (κ2) is 3.42. The molecule has 0 spiro atoms. The molecule has 1 rings (SSSR count). The summed E-state index contributed by atoms with van der Waals surface area (Å²) in [5.41, 5.74) is 11.7. The van der Waals surface area contributed by atoms with Crippen molar-refractivity contribution >= 4 is 5.84 Å². The standard InChI is InChI=1S/C8H15N3/c9-7(5-8(10)11)6-3-1-2-4-6/h5-6H,1-4,9H2,(H3,10,11)/b7-5-. The Balaban J connectivity index is 2.51. The molecule has 0 bridgehead atoms. The quantitative estimate of drug-likeness (QED) is 0.408. The van der Waals surface area contributed by atoms with Crippen LogP contribution < -0.4 is 11.5 Å². The van der Waals surface area contributed by atoms with Crippen molar-refractivity contribution in [3.63, 3.8) is 0 Å². The zero-order valence-corrected chi connectivity index (χ0v) is 6.64. The fourth-order valence-corrected chi connectivity index (χ4v) is 1.56. The van der Waals surface area contributed by atoms with Crippen molar-refractivity contribution < 1.29 is 0 Å². The number of allylic oxidation sites excluding steroid dienone is 1. The first-order valence-electron chi connectivity index (χ1n) is 4.01. The molecule has 0 aromatic carbocycles. The third-order valence-corrected chi connectivity index (χ3v) is 2.15. The van der Waals surface area contributed by atoms with Gasteiger partial charge in [0.25, 0.3) is 0 Å². The summed E-state index contributed by atoms with van der Waals surface area (Å²) >= 11 is 0. The van der Waals surface area contributed by atoms with E-state index >= 15 is 0 Å². The number of hydrogen-bond donors (Lipinski definition) is 3. The zero-order valence-electron chi connectivity index (χ0n) is 6.64. The van der Waals surface area contributed by atoms with Gasteiger partial charge in [-0.05, 0) is 24.8 Å². The van der Waals surface area contributed by atoms with E-state index in [1.165, 1.54) is 12.8 Å². The van der Waals surface area contributed by atoms with E-state index in [4.69, 9.17) is 16.9 Å². The Labute approximate surface area is 67.0 Å². The molecule has 0 aliphatic heterocycles. The summed E-state index contributed by atoms with van der Waals surface area (Å²) in [6.07, 6.45) is 6.41. The molecule has 62 valence electrons. The first kappa shape index (κ1) is 8.11. The van der Waals surface area contributed by atoms with Crippen molar-refractivity contribution in [2.75, 3.05) is 0 Å². The SMILES string of the molecule is N=C(N)/C=C(\N)C1CCCC1. The summed E-state index contributed by atoms with van der Waals surface area (Å²) < 4.78 is 0. The lowest BCUT2D eigenvalue weighted by Crippen LogP contribution is -2.14. The van der Waals surface area contributed by atoms with Crippen molar-refractivity contribution in [1.29, 1.82) is 5.41 Å². The van der Waals surface area contributed by atoms with Gasteiger partial charge in [0.1, 0.15) is 5.84 Å². The molecule has 1 fully saturated rings. The molecule has 0 saturated heterocycles. The maximum absolute atomic E-state index is 7.01. The Morgan fingerprint density at radius 2 is 1.82 bits per heavy atom. The second-order valence-corrected chi connectivity index (χ2v) is 3.08. The van der Waals surface area contributed by atoms with E-state index in [1.54, 1.807) is 6.08 Å². The van der Waals surface area contributed by atoms with Gasteiger partial charge in [-0.15, -0.1) is 0 Å². The molecule has 0 radical (unpaired) electrons. The molecule has 1 saturated carbocycles. The highest BCUT2D eigenvalue weighted by molar-refractivity contribution is 5.89. The summed E-state index contributed by atoms with van der Waals surface area (Å²) in [5.74, 6) is 0.549. The van der Waals surface area contributed by atoms with Crippen LogP contribution in [0.5, 0.6) is 0 Å². The van der Waals surface area contributed by atoms with Crippen LogP contribution in [-0.2, 0) is 0 Å². The highest BCUT2D eigenvalue weighted by Gasteiger charge is 2.16. The minimum absolute atomic E-state index is 0.0643. The van der Waals surface area contributed by atoms with Crippen molar-refractivity contribution in [2.45, 2.75) is 25.7 Å². The molecule has 0 heterocycles. The van der Waals surface area contributed by atoms with Crippen LogP contribution in [-0.4, -0.2) is 5.84 Å². The molecule has 3 heteroatoms.